The van der Waals surface area contributed by atoms with Gasteiger partial charge in [-0.15, -0.1) is 0 Å². The van der Waals surface area contributed by atoms with Crippen molar-refractivity contribution in [2.24, 2.45) is 5.92 Å². The highest BCUT2D eigenvalue weighted by atomic mass is 32.2. The summed E-state index contributed by atoms with van der Waals surface area (Å²) in [5.74, 6) is 0.290. The Labute approximate surface area is 98.7 Å². The van der Waals surface area contributed by atoms with Crippen LogP contribution in [0.2, 0.25) is 0 Å². The minimum atomic E-state index is -3.07. The van der Waals surface area contributed by atoms with Crippen molar-refractivity contribution in [3.05, 3.63) is 0 Å². The molecule has 0 aliphatic carbocycles. The minimum Gasteiger partial charge on any atom is -0.390 e. The summed E-state index contributed by atoms with van der Waals surface area (Å²) in [5.41, 5.74) is -0.662. The Morgan fingerprint density at radius 2 is 2.12 bits per heavy atom. The van der Waals surface area contributed by atoms with Crippen LogP contribution in [0.1, 0.15) is 39.5 Å². The van der Waals surface area contributed by atoms with E-state index >= 15 is 0 Å². The van der Waals surface area contributed by atoms with Crippen molar-refractivity contribution in [3.63, 3.8) is 0 Å². The lowest BCUT2D eigenvalue weighted by Gasteiger charge is -2.34. The summed E-state index contributed by atoms with van der Waals surface area (Å²) in [6.07, 6.45) is 4.57. The average molecular weight is 249 g/mol. The van der Waals surface area contributed by atoms with Gasteiger partial charge in [0, 0.05) is 13.1 Å². The Morgan fingerprint density at radius 1 is 1.50 bits per heavy atom. The lowest BCUT2D eigenvalue weighted by Crippen LogP contribution is -2.41. The van der Waals surface area contributed by atoms with Crippen LogP contribution in [0.4, 0.5) is 0 Å². The van der Waals surface area contributed by atoms with E-state index < -0.39 is 15.6 Å². The van der Waals surface area contributed by atoms with Crippen molar-refractivity contribution >= 4 is 10.0 Å². The smallest absolute Gasteiger partial charge is 0.211 e. The van der Waals surface area contributed by atoms with Crippen LogP contribution in [0.5, 0.6) is 0 Å². The van der Waals surface area contributed by atoms with Crippen molar-refractivity contribution in [3.8, 4) is 0 Å². The van der Waals surface area contributed by atoms with E-state index in [1.54, 1.807) is 0 Å². The maximum atomic E-state index is 11.4. The fraction of sp³-hybridized carbons (Fsp3) is 1.00. The molecule has 1 aliphatic rings. The first kappa shape index (κ1) is 13.9. The van der Waals surface area contributed by atoms with E-state index in [0.717, 1.165) is 12.8 Å². The number of nitrogens with zero attached hydrogens (tertiary/aromatic N) is 1. The van der Waals surface area contributed by atoms with E-state index in [2.05, 4.69) is 0 Å². The van der Waals surface area contributed by atoms with Crippen LogP contribution in [0.25, 0.3) is 0 Å². The van der Waals surface area contributed by atoms with Gasteiger partial charge in [0.1, 0.15) is 0 Å². The second-order valence-electron chi connectivity index (χ2n) is 5.18. The molecule has 4 nitrogen and oxygen atoms in total. The molecule has 0 aromatic heterocycles. The summed E-state index contributed by atoms with van der Waals surface area (Å²) in [4.78, 5) is 0. The predicted molar refractivity (Wildman–Crippen MR) is 64.7 cm³/mol. The maximum absolute atomic E-state index is 11.4. The fourth-order valence-electron chi connectivity index (χ4n) is 2.26. The van der Waals surface area contributed by atoms with Gasteiger partial charge in [0.25, 0.3) is 0 Å². The van der Waals surface area contributed by atoms with Gasteiger partial charge in [-0.2, -0.15) is 0 Å². The van der Waals surface area contributed by atoms with Gasteiger partial charge < -0.3 is 5.11 Å². The summed E-state index contributed by atoms with van der Waals surface area (Å²) >= 11 is 0. The maximum Gasteiger partial charge on any atom is 0.211 e. The van der Waals surface area contributed by atoms with Crippen LogP contribution in [0.15, 0.2) is 0 Å². The lowest BCUT2D eigenvalue weighted by atomic mass is 9.86. The zero-order chi connectivity index (χ0) is 12.4. The van der Waals surface area contributed by atoms with Gasteiger partial charge in [0.15, 0.2) is 0 Å². The molecular formula is C11H23NO3S. The number of hydrogen-bond acceptors (Lipinski definition) is 3. The quantitative estimate of drug-likeness (QED) is 0.814. The third kappa shape index (κ3) is 4.03. The Bertz CT molecular complexity index is 324. The van der Waals surface area contributed by atoms with Crippen LogP contribution >= 0.6 is 0 Å². The van der Waals surface area contributed by atoms with Gasteiger partial charge in [0.2, 0.25) is 10.0 Å². The van der Waals surface area contributed by atoms with Gasteiger partial charge in [0.05, 0.1) is 11.9 Å². The van der Waals surface area contributed by atoms with Crippen molar-refractivity contribution in [2.45, 2.75) is 45.1 Å². The van der Waals surface area contributed by atoms with Crippen LogP contribution < -0.4 is 0 Å². The first-order valence-electron chi connectivity index (χ1n) is 5.92. The number of aliphatic hydroxyl groups is 1. The summed E-state index contributed by atoms with van der Waals surface area (Å²) < 4.78 is 24.4. The monoisotopic (exact) mass is 249 g/mol. The van der Waals surface area contributed by atoms with Crippen LogP contribution in [0, 0.1) is 5.92 Å². The first-order chi connectivity index (χ1) is 7.24. The summed E-state index contributed by atoms with van der Waals surface area (Å²) in [5, 5.41) is 10.00. The molecule has 96 valence electrons. The second kappa shape index (κ2) is 5.02. The second-order valence-corrected chi connectivity index (χ2v) is 7.17. The number of hydrogen-bond donors (Lipinski definition) is 1. The molecule has 1 rings (SSSR count). The highest BCUT2D eigenvalue weighted by Crippen LogP contribution is 2.28. The molecule has 0 amide bonds. The van der Waals surface area contributed by atoms with Crippen LogP contribution in [-0.4, -0.2) is 42.8 Å². The Morgan fingerprint density at radius 3 is 2.62 bits per heavy atom. The van der Waals surface area contributed by atoms with Gasteiger partial charge >= 0.3 is 0 Å². The SMILES string of the molecule is CCC(C)(O)CC1CCCN(S(C)(=O)=O)C1. The molecule has 0 bridgehead atoms. The Balaban J connectivity index is 2.58. The summed E-state index contributed by atoms with van der Waals surface area (Å²) in [7, 11) is -3.07. The molecule has 1 saturated heterocycles. The summed E-state index contributed by atoms with van der Waals surface area (Å²) in [6.45, 7) is 4.97. The molecule has 0 saturated carbocycles. The topological polar surface area (TPSA) is 57.6 Å². The van der Waals surface area contributed by atoms with E-state index in [0.29, 0.717) is 31.8 Å². The van der Waals surface area contributed by atoms with E-state index in [9.17, 15) is 13.5 Å². The van der Waals surface area contributed by atoms with Crippen molar-refractivity contribution < 1.29 is 13.5 Å². The molecule has 0 spiro atoms. The van der Waals surface area contributed by atoms with E-state index in [4.69, 9.17) is 0 Å². The standard InChI is InChI=1S/C11H23NO3S/c1-4-11(2,13)8-10-6-5-7-12(9-10)16(3,14)15/h10,13H,4-9H2,1-3H3. The number of rotatable bonds is 4. The van der Waals surface area contributed by atoms with Crippen LogP contribution in [-0.2, 0) is 10.0 Å². The van der Waals surface area contributed by atoms with E-state index in [-0.39, 0.29) is 0 Å². The molecular weight excluding hydrogens is 226 g/mol. The molecule has 0 aromatic carbocycles. The highest BCUT2D eigenvalue weighted by Gasteiger charge is 2.30. The molecule has 5 heteroatoms. The van der Waals surface area contributed by atoms with Crippen molar-refractivity contribution in [1.29, 1.82) is 0 Å². The molecule has 2 unspecified atom stereocenters. The average Bonchev–Trinajstić information content (AvgIpc) is 2.16. The van der Waals surface area contributed by atoms with Gasteiger partial charge in [-0.05, 0) is 38.5 Å². The molecule has 1 aliphatic heterocycles. The van der Waals surface area contributed by atoms with E-state index in [1.807, 2.05) is 13.8 Å². The molecule has 1 fully saturated rings. The summed E-state index contributed by atoms with van der Waals surface area (Å²) in [6, 6.07) is 0. The zero-order valence-electron chi connectivity index (χ0n) is 10.4. The van der Waals surface area contributed by atoms with Crippen molar-refractivity contribution in [1.82, 2.24) is 4.31 Å². The first-order valence-corrected chi connectivity index (χ1v) is 7.77. The molecule has 0 radical (unpaired) electrons. The number of piperidine rings is 1. The van der Waals surface area contributed by atoms with Gasteiger partial charge in [-0.25, -0.2) is 12.7 Å². The molecule has 16 heavy (non-hydrogen) atoms. The minimum absolute atomic E-state index is 0.290. The highest BCUT2D eigenvalue weighted by molar-refractivity contribution is 7.88. The Hall–Kier alpha value is -0.130. The Kier molecular flexibility index (Phi) is 4.37. The largest absolute Gasteiger partial charge is 0.390 e. The third-order valence-corrected chi connectivity index (χ3v) is 4.71. The van der Waals surface area contributed by atoms with Gasteiger partial charge in [-0.3, -0.25) is 0 Å². The molecule has 0 aromatic rings. The molecule has 1 heterocycles. The lowest BCUT2D eigenvalue weighted by molar-refractivity contribution is 0.0215. The predicted octanol–water partition coefficient (Wildman–Crippen LogP) is 1.21. The zero-order valence-corrected chi connectivity index (χ0v) is 11.3. The molecule has 2 atom stereocenters. The normalized spacial score (nSPS) is 27.6. The number of sulfonamides is 1. The van der Waals surface area contributed by atoms with Crippen molar-refractivity contribution in [2.75, 3.05) is 19.3 Å². The third-order valence-electron chi connectivity index (χ3n) is 3.44. The van der Waals surface area contributed by atoms with Crippen LogP contribution in [0.3, 0.4) is 0 Å². The molecule has 1 N–H and O–H groups in total. The fourth-order valence-corrected chi connectivity index (χ4v) is 3.20. The van der Waals surface area contributed by atoms with Gasteiger partial charge in [-0.1, -0.05) is 6.92 Å². The van der Waals surface area contributed by atoms with E-state index in [1.165, 1.54) is 10.6 Å².